The Labute approximate surface area is 207 Å². The summed E-state index contributed by atoms with van der Waals surface area (Å²) in [6, 6.07) is 24.3. The number of hydrogen-bond donors (Lipinski definition) is 2. The van der Waals surface area contributed by atoms with Crippen LogP contribution < -0.4 is 15.4 Å². The highest BCUT2D eigenvalue weighted by atomic mass is 32.2. The second-order valence-electron chi connectivity index (χ2n) is 7.56. The summed E-state index contributed by atoms with van der Waals surface area (Å²) in [6.07, 6.45) is 2.30. The summed E-state index contributed by atoms with van der Waals surface area (Å²) in [6.45, 7) is 0.471. The molecule has 4 aromatic rings. The minimum atomic E-state index is -0.245. The van der Waals surface area contributed by atoms with Crippen LogP contribution in [-0.2, 0) is 11.2 Å². The van der Waals surface area contributed by atoms with E-state index in [1.165, 1.54) is 11.8 Å². The topological polar surface area (TPSA) is 98.1 Å². The molecule has 35 heavy (non-hydrogen) atoms. The quantitative estimate of drug-likeness (QED) is 0.329. The van der Waals surface area contributed by atoms with Crippen LogP contribution in [0, 0.1) is 0 Å². The van der Waals surface area contributed by atoms with Gasteiger partial charge < -0.3 is 15.4 Å². The van der Waals surface area contributed by atoms with E-state index >= 15 is 0 Å². The molecule has 0 saturated carbocycles. The van der Waals surface area contributed by atoms with Gasteiger partial charge in [0.15, 0.2) is 5.16 Å². The van der Waals surface area contributed by atoms with Crippen molar-refractivity contribution in [2.75, 3.05) is 24.7 Å². The first-order chi connectivity index (χ1) is 17.1. The molecule has 0 atom stereocenters. The second kappa shape index (κ2) is 11.8. The molecule has 0 saturated heterocycles. The molecule has 1 heterocycles. The summed E-state index contributed by atoms with van der Waals surface area (Å²) in [7, 11) is 1.63. The van der Waals surface area contributed by atoms with Crippen molar-refractivity contribution in [2.24, 2.45) is 0 Å². The number of nitrogens with zero attached hydrogens (tertiary/aromatic N) is 3. The normalized spacial score (nSPS) is 10.5. The Morgan fingerprint density at radius 3 is 2.49 bits per heavy atom. The van der Waals surface area contributed by atoms with E-state index in [-0.39, 0.29) is 17.6 Å². The number of para-hydroxylation sites is 2. The van der Waals surface area contributed by atoms with Gasteiger partial charge in [-0.2, -0.15) is 0 Å². The highest BCUT2D eigenvalue weighted by Gasteiger charge is 2.15. The van der Waals surface area contributed by atoms with Gasteiger partial charge in [0.1, 0.15) is 12.1 Å². The van der Waals surface area contributed by atoms with Gasteiger partial charge in [0, 0.05) is 12.2 Å². The van der Waals surface area contributed by atoms with Gasteiger partial charge in [0.25, 0.3) is 5.91 Å². The number of carbonyl (C=O) groups excluding carboxylic acids is 2. The number of carbonyl (C=O) groups is 2. The van der Waals surface area contributed by atoms with Gasteiger partial charge >= 0.3 is 0 Å². The molecule has 0 aliphatic carbocycles. The number of ether oxygens (including phenoxy) is 1. The maximum Gasteiger partial charge on any atom is 0.253 e. The van der Waals surface area contributed by atoms with Crippen LogP contribution in [-0.4, -0.2) is 46.0 Å². The van der Waals surface area contributed by atoms with Crippen molar-refractivity contribution in [2.45, 2.75) is 11.6 Å². The number of aromatic nitrogens is 3. The highest BCUT2D eigenvalue weighted by Crippen LogP contribution is 2.21. The molecular weight excluding hydrogens is 462 g/mol. The Balaban J connectivity index is 1.32. The molecule has 178 valence electrons. The maximum atomic E-state index is 12.8. The van der Waals surface area contributed by atoms with Crippen molar-refractivity contribution in [3.05, 3.63) is 96.3 Å². The molecule has 4 rings (SSSR count). The minimum absolute atomic E-state index is 0.124. The van der Waals surface area contributed by atoms with E-state index in [2.05, 4.69) is 20.8 Å². The van der Waals surface area contributed by atoms with Gasteiger partial charge in [-0.15, -0.1) is 10.2 Å². The Kier molecular flexibility index (Phi) is 8.13. The summed E-state index contributed by atoms with van der Waals surface area (Å²) in [5, 5.41) is 14.4. The van der Waals surface area contributed by atoms with E-state index in [0.717, 1.165) is 17.0 Å². The molecule has 0 aliphatic rings. The van der Waals surface area contributed by atoms with Gasteiger partial charge in [-0.1, -0.05) is 54.2 Å². The Morgan fingerprint density at radius 2 is 1.71 bits per heavy atom. The molecule has 1 aromatic heterocycles. The van der Waals surface area contributed by atoms with Gasteiger partial charge in [-0.05, 0) is 48.4 Å². The maximum absolute atomic E-state index is 12.8. The third-order valence-corrected chi connectivity index (χ3v) is 6.13. The van der Waals surface area contributed by atoms with Crippen LogP contribution in [0.4, 0.5) is 5.69 Å². The number of thioether (sulfide) groups is 1. The van der Waals surface area contributed by atoms with Gasteiger partial charge in [0.05, 0.1) is 24.1 Å². The van der Waals surface area contributed by atoms with E-state index in [1.54, 1.807) is 37.7 Å². The van der Waals surface area contributed by atoms with Gasteiger partial charge in [-0.3, -0.25) is 14.2 Å². The number of methoxy groups -OCH3 is 1. The molecule has 0 unspecified atom stereocenters. The summed E-state index contributed by atoms with van der Waals surface area (Å²) in [5.41, 5.74) is 2.88. The zero-order valence-electron chi connectivity index (χ0n) is 19.2. The Hall–Kier alpha value is -4.11. The Morgan fingerprint density at radius 1 is 0.971 bits per heavy atom. The predicted molar refractivity (Wildman–Crippen MR) is 136 cm³/mol. The number of amides is 2. The number of hydrogen-bond acceptors (Lipinski definition) is 6. The lowest BCUT2D eigenvalue weighted by molar-refractivity contribution is -0.113. The number of anilines is 1. The van der Waals surface area contributed by atoms with Crippen molar-refractivity contribution >= 4 is 29.3 Å². The minimum Gasteiger partial charge on any atom is -0.497 e. The van der Waals surface area contributed by atoms with E-state index in [1.807, 2.05) is 59.2 Å². The lowest BCUT2D eigenvalue weighted by atomic mass is 10.1. The molecule has 0 bridgehead atoms. The molecule has 0 radical (unpaired) electrons. The standard InChI is InChI=1S/C26H25N5O3S/c1-34-21-13-11-19(12-14-21)15-16-27-25(33)22-9-5-6-10-23(22)29-24(32)17-35-26-30-28-18-31(26)20-7-3-2-4-8-20/h2-14,18H,15-17H2,1H3,(H,27,33)(H,29,32). The third kappa shape index (κ3) is 6.48. The largest absolute Gasteiger partial charge is 0.497 e. The smallest absolute Gasteiger partial charge is 0.253 e. The summed E-state index contributed by atoms with van der Waals surface area (Å²) >= 11 is 1.27. The molecule has 3 aromatic carbocycles. The predicted octanol–water partition coefficient (Wildman–Crippen LogP) is 3.98. The summed E-state index contributed by atoms with van der Waals surface area (Å²) in [5.74, 6) is 0.432. The monoisotopic (exact) mass is 487 g/mol. The molecule has 0 fully saturated rings. The lowest BCUT2D eigenvalue weighted by Crippen LogP contribution is -2.27. The van der Waals surface area contributed by atoms with Crippen LogP contribution in [0.25, 0.3) is 5.69 Å². The van der Waals surface area contributed by atoms with E-state index in [9.17, 15) is 9.59 Å². The molecule has 2 amide bonds. The van der Waals surface area contributed by atoms with Crippen molar-refractivity contribution < 1.29 is 14.3 Å². The van der Waals surface area contributed by atoms with Gasteiger partial charge in [-0.25, -0.2) is 0 Å². The first-order valence-electron chi connectivity index (χ1n) is 11.0. The van der Waals surface area contributed by atoms with Crippen LogP contribution in [0.15, 0.2) is 90.3 Å². The van der Waals surface area contributed by atoms with E-state index in [4.69, 9.17) is 4.74 Å². The van der Waals surface area contributed by atoms with Crippen LogP contribution in [0.2, 0.25) is 0 Å². The SMILES string of the molecule is COc1ccc(CCNC(=O)c2ccccc2NC(=O)CSc2nncn2-c2ccccc2)cc1. The van der Waals surface area contributed by atoms with E-state index in [0.29, 0.717) is 29.4 Å². The molecular formula is C26H25N5O3S. The number of nitrogens with one attached hydrogen (secondary N) is 2. The van der Waals surface area contributed by atoms with Crippen molar-refractivity contribution in [3.8, 4) is 11.4 Å². The average Bonchev–Trinajstić information content (AvgIpc) is 3.37. The third-order valence-electron chi connectivity index (χ3n) is 5.19. The number of rotatable bonds is 10. The first-order valence-corrected chi connectivity index (χ1v) is 12.0. The fourth-order valence-corrected chi connectivity index (χ4v) is 4.13. The lowest BCUT2D eigenvalue weighted by Gasteiger charge is -2.12. The van der Waals surface area contributed by atoms with Crippen molar-refractivity contribution in [1.29, 1.82) is 0 Å². The summed E-state index contributed by atoms with van der Waals surface area (Å²) < 4.78 is 6.99. The first kappa shape index (κ1) is 24.0. The molecule has 0 aliphatic heterocycles. The fourth-order valence-electron chi connectivity index (χ4n) is 3.40. The molecule has 2 N–H and O–H groups in total. The number of benzene rings is 3. The van der Waals surface area contributed by atoms with Crippen LogP contribution in [0.1, 0.15) is 15.9 Å². The van der Waals surface area contributed by atoms with Crippen LogP contribution >= 0.6 is 11.8 Å². The summed E-state index contributed by atoms with van der Waals surface area (Å²) in [4.78, 5) is 25.4. The van der Waals surface area contributed by atoms with Crippen LogP contribution in [0.5, 0.6) is 5.75 Å². The van der Waals surface area contributed by atoms with Gasteiger partial charge in [0.2, 0.25) is 5.91 Å². The van der Waals surface area contributed by atoms with Crippen molar-refractivity contribution in [3.63, 3.8) is 0 Å². The molecule has 9 heteroatoms. The van der Waals surface area contributed by atoms with E-state index < -0.39 is 0 Å². The Bertz CT molecular complexity index is 1280. The van der Waals surface area contributed by atoms with Crippen molar-refractivity contribution in [1.82, 2.24) is 20.1 Å². The zero-order valence-corrected chi connectivity index (χ0v) is 20.0. The molecule has 0 spiro atoms. The van der Waals surface area contributed by atoms with Crippen LogP contribution in [0.3, 0.4) is 0 Å². The average molecular weight is 488 g/mol. The fraction of sp³-hybridized carbons (Fsp3) is 0.154. The second-order valence-corrected chi connectivity index (χ2v) is 8.50. The molecule has 8 nitrogen and oxygen atoms in total. The highest BCUT2D eigenvalue weighted by molar-refractivity contribution is 7.99. The zero-order chi connectivity index (χ0) is 24.5.